The van der Waals surface area contributed by atoms with E-state index in [4.69, 9.17) is 9.47 Å². The number of piperidine rings is 1. The van der Waals surface area contributed by atoms with Gasteiger partial charge in [-0.05, 0) is 75.3 Å². The maximum Gasteiger partial charge on any atom is 0.407 e. The third-order valence-corrected chi connectivity index (χ3v) is 7.98. The maximum atomic E-state index is 12.1. The number of nitrogens with zero attached hydrogens (tertiary/aromatic N) is 3. The number of ether oxygens (including phenoxy) is 2. The van der Waals surface area contributed by atoms with Gasteiger partial charge >= 0.3 is 6.09 Å². The molecule has 3 atom stereocenters. The van der Waals surface area contributed by atoms with E-state index in [2.05, 4.69) is 35.4 Å². The Kier molecular flexibility index (Phi) is 7.50. The van der Waals surface area contributed by atoms with Crippen LogP contribution in [0.1, 0.15) is 87.1 Å². The van der Waals surface area contributed by atoms with Crippen molar-refractivity contribution in [2.45, 2.75) is 88.0 Å². The summed E-state index contributed by atoms with van der Waals surface area (Å²) in [6.07, 6.45) is 10.4. The molecule has 1 unspecified atom stereocenters. The van der Waals surface area contributed by atoms with Crippen LogP contribution in [0.4, 0.5) is 4.79 Å². The number of aromatic nitrogens is 2. The molecule has 5 rings (SSSR count). The van der Waals surface area contributed by atoms with Gasteiger partial charge in [0.05, 0.1) is 18.8 Å². The summed E-state index contributed by atoms with van der Waals surface area (Å²) < 4.78 is 14.4. The van der Waals surface area contributed by atoms with Gasteiger partial charge in [-0.25, -0.2) is 9.48 Å². The minimum absolute atomic E-state index is 0.0474. The number of carbonyl (C=O) groups is 1. The first kappa shape index (κ1) is 23.4. The molecule has 2 aliphatic heterocycles. The monoisotopic (exact) mass is 467 g/mol. The Bertz CT molecular complexity index is 919. The van der Waals surface area contributed by atoms with Crippen molar-refractivity contribution in [2.75, 3.05) is 19.8 Å². The van der Waals surface area contributed by atoms with Gasteiger partial charge in [0.15, 0.2) is 0 Å². The van der Waals surface area contributed by atoms with Gasteiger partial charge in [-0.3, -0.25) is 0 Å². The number of hydrogen-bond acceptors (Lipinski definition) is 4. The van der Waals surface area contributed by atoms with E-state index in [-0.39, 0.29) is 24.3 Å². The molecule has 3 aliphatic rings. The molecule has 1 aliphatic carbocycles. The predicted octanol–water partition coefficient (Wildman–Crippen LogP) is 5.55. The number of benzene rings is 1. The quantitative estimate of drug-likeness (QED) is 0.603. The van der Waals surface area contributed by atoms with Crippen LogP contribution in [-0.2, 0) is 9.47 Å². The average Bonchev–Trinajstić information content (AvgIpc) is 3.38. The molecule has 0 radical (unpaired) electrons. The fourth-order valence-electron chi connectivity index (χ4n) is 6.14. The van der Waals surface area contributed by atoms with Crippen LogP contribution in [0.15, 0.2) is 42.6 Å². The Labute approximate surface area is 202 Å². The molecule has 184 valence electrons. The molecule has 3 fully saturated rings. The fourth-order valence-corrected chi connectivity index (χ4v) is 6.14. The van der Waals surface area contributed by atoms with Crippen molar-refractivity contribution in [3.63, 3.8) is 0 Å². The summed E-state index contributed by atoms with van der Waals surface area (Å²) in [4.78, 5) is 13.7. The Hall–Kier alpha value is -2.38. The van der Waals surface area contributed by atoms with Gasteiger partial charge in [0.25, 0.3) is 0 Å². The Balaban J connectivity index is 1.26. The van der Waals surface area contributed by atoms with E-state index in [1.165, 1.54) is 5.56 Å². The highest BCUT2D eigenvalue weighted by atomic mass is 16.5. The van der Waals surface area contributed by atoms with Crippen LogP contribution in [0, 0.1) is 0 Å². The largest absolute Gasteiger partial charge is 0.465 e. The van der Waals surface area contributed by atoms with E-state index in [1.54, 1.807) is 4.90 Å². The smallest absolute Gasteiger partial charge is 0.407 e. The first-order valence-corrected chi connectivity index (χ1v) is 13.0. The molecule has 3 heterocycles. The van der Waals surface area contributed by atoms with E-state index >= 15 is 0 Å². The topological polar surface area (TPSA) is 76.8 Å². The van der Waals surface area contributed by atoms with Crippen LogP contribution < -0.4 is 0 Å². The molecule has 34 heavy (non-hydrogen) atoms. The molecule has 7 heteroatoms. The minimum Gasteiger partial charge on any atom is -0.465 e. The Morgan fingerprint density at radius 2 is 1.85 bits per heavy atom. The van der Waals surface area contributed by atoms with Gasteiger partial charge in [-0.1, -0.05) is 30.3 Å². The average molecular weight is 468 g/mol. The van der Waals surface area contributed by atoms with Crippen LogP contribution in [0.3, 0.4) is 0 Å². The molecule has 1 aromatic heterocycles. The fraction of sp³-hybridized carbons (Fsp3) is 0.630. The highest BCUT2D eigenvalue weighted by Gasteiger charge is 2.38. The molecule has 2 saturated heterocycles. The zero-order valence-corrected chi connectivity index (χ0v) is 19.9. The van der Waals surface area contributed by atoms with Crippen molar-refractivity contribution < 1.29 is 19.4 Å². The molecule has 7 nitrogen and oxygen atoms in total. The van der Waals surface area contributed by atoms with Crippen LogP contribution >= 0.6 is 0 Å². The van der Waals surface area contributed by atoms with Gasteiger partial charge in [0, 0.05) is 31.0 Å². The Morgan fingerprint density at radius 1 is 1.03 bits per heavy atom. The molecule has 1 saturated carbocycles. The minimum atomic E-state index is -0.855. The van der Waals surface area contributed by atoms with Gasteiger partial charge < -0.3 is 19.5 Å². The number of carboxylic acid groups (broad SMARTS) is 1. The number of hydrogen-bond donors (Lipinski definition) is 1. The first-order chi connectivity index (χ1) is 16.7. The summed E-state index contributed by atoms with van der Waals surface area (Å²) in [6.45, 7) is 1.76. The second kappa shape index (κ2) is 10.9. The second-order valence-corrected chi connectivity index (χ2v) is 10.0. The normalized spacial score (nSPS) is 30.2. The van der Waals surface area contributed by atoms with E-state index in [0.717, 1.165) is 70.1 Å². The standard InChI is InChI=1S/C27H37N3O4/c31-27(32)29-17-6-9-23(24-15-16-28-30(24)26-10-4-5-18-33-26)25(29)19-34-22-13-11-21(12-14-22)20-7-2-1-3-8-20/h1-3,7-8,15-16,21-23,25-26H,4-6,9-14,17-19H2,(H,31,32)/t21?,22?,23-,25+,26?/m1/s1. The summed E-state index contributed by atoms with van der Waals surface area (Å²) in [5.74, 6) is 0.669. The number of amides is 1. The zero-order chi connectivity index (χ0) is 23.3. The van der Waals surface area contributed by atoms with Crippen molar-refractivity contribution >= 4 is 6.09 Å². The van der Waals surface area contributed by atoms with Crippen LogP contribution in [0.5, 0.6) is 0 Å². The molecule has 0 spiro atoms. The molecule has 0 bridgehead atoms. The highest BCUT2D eigenvalue weighted by molar-refractivity contribution is 5.65. The summed E-state index contributed by atoms with van der Waals surface area (Å²) in [5.41, 5.74) is 2.50. The van der Waals surface area contributed by atoms with Gasteiger partial charge in [0.1, 0.15) is 6.23 Å². The summed E-state index contributed by atoms with van der Waals surface area (Å²) in [7, 11) is 0. The van der Waals surface area contributed by atoms with Gasteiger partial charge in [0.2, 0.25) is 0 Å². The predicted molar refractivity (Wildman–Crippen MR) is 129 cm³/mol. The zero-order valence-electron chi connectivity index (χ0n) is 19.9. The Morgan fingerprint density at radius 3 is 2.59 bits per heavy atom. The number of rotatable bonds is 6. The summed E-state index contributed by atoms with van der Waals surface area (Å²) in [6, 6.07) is 12.6. The van der Waals surface area contributed by atoms with Gasteiger partial charge in [-0.15, -0.1) is 0 Å². The van der Waals surface area contributed by atoms with E-state index < -0.39 is 6.09 Å². The van der Waals surface area contributed by atoms with Crippen LogP contribution in [0.25, 0.3) is 0 Å². The molecular weight excluding hydrogens is 430 g/mol. The van der Waals surface area contributed by atoms with Crippen molar-refractivity contribution in [3.05, 3.63) is 53.9 Å². The van der Waals surface area contributed by atoms with Gasteiger partial charge in [-0.2, -0.15) is 5.10 Å². The molecule has 1 aromatic carbocycles. The molecule has 1 amide bonds. The first-order valence-electron chi connectivity index (χ1n) is 13.0. The van der Waals surface area contributed by atoms with Crippen LogP contribution in [0.2, 0.25) is 0 Å². The summed E-state index contributed by atoms with van der Waals surface area (Å²) in [5, 5.41) is 14.6. The van der Waals surface area contributed by atoms with Crippen molar-refractivity contribution in [3.8, 4) is 0 Å². The lowest BCUT2D eigenvalue weighted by Crippen LogP contribution is -2.50. The third-order valence-electron chi connectivity index (χ3n) is 7.98. The van der Waals surface area contributed by atoms with Crippen molar-refractivity contribution in [1.29, 1.82) is 0 Å². The molecule has 2 aromatic rings. The van der Waals surface area contributed by atoms with E-state index in [0.29, 0.717) is 19.1 Å². The molecular formula is C27H37N3O4. The highest BCUT2D eigenvalue weighted by Crippen LogP contribution is 2.37. The lowest BCUT2D eigenvalue weighted by Gasteiger charge is -2.41. The molecule has 1 N–H and O–H groups in total. The third kappa shape index (κ3) is 5.15. The SMILES string of the molecule is O=C(O)N1CCC[C@H](c2ccnn2C2CCCCO2)[C@@H]1COC1CCC(c2ccccc2)CC1. The van der Waals surface area contributed by atoms with E-state index in [9.17, 15) is 9.90 Å². The lowest BCUT2D eigenvalue weighted by atomic mass is 9.82. The van der Waals surface area contributed by atoms with Crippen molar-refractivity contribution in [1.82, 2.24) is 14.7 Å². The van der Waals surface area contributed by atoms with Crippen LogP contribution in [-0.4, -0.2) is 57.8 Å². The maximum absolute atomic E-state index is 12.1. The number of likely N-dealkylation sites (tertiary alicyclic amines) is 1. The second-order valence-electron chi connectivity index (χ2n) is 10.0. The van der Waals surface area contributed by atoms with E-state index in [1.807, 2.05) is 16.9 Å². The summed E-state index contributed by atoms with van der Waals surface area (Å²) >= 11 is 0. The lowest BCUT2D eigenvalue weighted by molar-refractivity contribution is -0.0463. The van der Waals surface area contributed by atoms with Crippen molar-refractivity contribution in [2.24, 2.45) is 0 Å².